The number of hydrogen-bond acceptors (Lipinski definition) is 6. The van der Waals surface area contributed by atoms with Gasteiger partial charge in [-0.1, -0.05) is 17.3 Å². The Morgan fingerprint density at radius 1 is 1.19 bits per heavy atom. The molecule has 0 spiro atoms. The number of amides is 2. The van der Waals surface area contributed by atoms with Crippen molar-refractivity contribution in [1.82, 2.24) is 15.0 Å². The van der Waals surface area contributed by atoms with E-state index >= 15 is 0 Å². The van der Waals surface area contributed by atoms with Gasteiger partial charge in [0.2, 0.25) is 5.91 Å². The van der Waals surface area contributed by atoms with E-state index in [-0.39, 0.29) is 16.9 Å². The summed E-state index contributed by atoms with van der Waals surface area (Å²) in [7, 11) is 0. The van der Waals surface area contributed by atoms with Crippen molar-refractivity contribution in [2.45, 2.75) is 6.92 Å². The van der Waals surface area contributed by atoms with Crippen molar-refractivity contribution in [3.8, 4) is 5.69 Å². The predicted molar refractivity (Wildman–Crippen MR) is 95.7 cm³/mol. The number of nitro groups is 1. The topological polar surface area (TPSA) is 146 Å². The van der Waals surface area contributed by atoms with E-state index < -0.39 is 16.7 Å². The number of nitro benzene ring substituents is 1. The normalized spacial score (nSPS) is 10.4. The third-order valence-electron chi connectivity index (χ3n) is 3.80. The van der Waals surface area contributed by atoms with Gasteiger partial charge in [-0.3, -0.25) is 19.7 Å². The number of nitrogens with one attached hydrogen (secondary N) is 1. The maximum absolute atomic E-state index is 12.5. The number of carbonyl (C=O) groups is 2. The van der Waals surface area contributed by atoms with Crippen LogP contribution in [0, 0.1) is 17.0 Å². The number of rotatable bonds is 5. The summed E-state index contributed by atoms with van der Waals surface area (Å²) in [5, 5.41) is 21.3. The molecule has 0 unspecified atom stereocenters. The van der Waals surface area contributed by atoms with Crippen LogP contribution in [-0.4, -0.2) is 31.7 Å². The van der Waals surface area contributed by atoms with E-state index in [9.17, 15) is 19.7 Å². The van der Waals surface area contributed by atoms with E-state index in [2.05, 4.69) is 15.6 Å². The number of non-ortho nitro benzene ring substituents is 1. The number of anilines is 1. The molecule has 1 heterocycles. The minimum atomic E-state index is -0.612. The Bertz CT molecular complexity index is 1060. The zero-order chi connectivity index (χ0) is 19.6. The molecule has 2 amide bonds. The fourth-order valence-electron chi connectivity index (χ4n) is 2.46. The summed E-state index contributed by atoms with van der Waals surface area (Å²) in [6.07, 6.45) is 0. The van der Waals surface area contributed by atoms with Gasteiger partial charge in [0.1, 0.15) is 0 Å². The van der Waals surface area contributed by atoms with Gasteiger partial charge in [0.05, 0.1) is 16.3 Å². The molecular formula is C17H14N6O4. The SMILES string of the molecule is Cc1c(C(=O)Nc2cccc(C(N)=O)c2)nnn1-c1cccc([N+](=O)[O-])c1. The first kappa shape index (κ1) is 17.7. The fraction of sp³-hybridized carbons (Fsp3) is 0.0588. The number of primary amides is 1. The molecule has 0 saturated carbocycles. The lowest BCUT2D eigenvalue weighted by molar-refractivity contribution is -0.384. The average Bonchev–Trinajstić information content (AvgIpc) is 3.03. The highest BCUT2D eigenvalue weighted by Crippen LogP contribution is 2.19. The van der Waals surface area contributed by atoms with Gasteiger partial charge in [0.25, 0.3) is 11.6 Å². The summed E-state index contributed by atoms with van der Waals surface area (Å²) in [5.41, 5.74) is 6.61. The number of aromatic nitrogens is 3. The number of hydrogen-bond donors (Lipinski definition) is 2. The van der Waals surface area contributed by atoms with E-state index in [1.54, 1.807) is 25.1 Å². The molecule has 0 aliphatic carbocycles. The Balaban J connectivity index is 1.88. The summed E-state index contributed by atoms with van der Waals surface area (Å²) >= 11 is 0. The number of nitrogens with zero attached hydrogens (tertiary/aromatic N) is 4. The summed E-state index contributed by atoms with van der Waals surface area (Å²) < 4.78 is 1.34. The van der Waals surface area contributed by atoms with Gasteiger partial charge in [-0.05, 0) is 31.2 Å². The van der Waals surface area contributed by atoms with Crippen LogP contribution < -0.4 is 11.1 Å². The van der Waals surface area contributed by atoms with Crippen molar-refractivity contribution in [1.29, 1.82) is 0 Å². The van der Waals surface area contributed by atoms with Crippen LogP contribution in [0.2, 0.25) is 0 Å². The van der Waals surface area contributed by atoms with Gasteiger partial charge in [-0.25, -0.2) is 4.68 Å². The lowest BCUT2D eigenvalue weighted by atomic mass is 10.2. The second kappa shape index (κ2) is 7.04. The molecule has 0 radical (unpaired) electrons. The fourth-order valence-corrected chi connectivity index (χ4v) is 2.46. The molecule has 0 saturated heterocycles. The van der Waals surface area contributed by atoms with Crippen molar-refractivity contribution >= 4 is 23.2 Å². The molecule has 136 valence electrons. The molecule has 0 bridgehead atoms. The second-order valence-electron chi connectivity index (χ2n) is 5.61. The quantitative estimate of drug-likeness (QED) is 0.520. The van der Waals surface area contributed by atoms with E-state index in [1.807, 2.05) is 0 Å². The van der Waals surface area contributed by atoms with E-state index in [0.717, 1.165) is 0 Å². The Morgan fingerprint density at radius 3 is 2.63 bits per heavy atom. The Hall–Kier alpha value is -4.08. The van der Waals surface area contributed by atoms with Crippen LogP contribution in [0.25, 0.3) is 5.69 Å². The summed E-state index contributed by atoms with van der Waals surface area (Å²) in [4.78, 5) is 34.1. The highest BCUT2D eigenvalue weighted by molar-refractivity contribution is 6.04. The maximum Gasteiger partial charge on any atom is 0.278 e. The Morgan fingerprint density at radius 2 is 1.93 bits per heavy atom. The summed E-state index contributed by atoms with van der Waals surface area (Å²) in [5.74, 6) is -1.15. The number of benzene rings is 2. The Labute approximate surface area is 152 Å². The molecule has 0 atom stereocenters. The van der Waals surface area contributed by atoms with Crippen LogP contribution in [0.1, 0.15) is 26.5 Å². The second-order valence-corrected chi connectivity index (χ2v) is 5.61. The first-order valence-corrected chi connectivity index (χ1v) is 7.75. The standard InChI is InChI=1S/C17H14N6O4/c1-10-15(17(25)19-12-5-2-4-11(8-12)16(18)24)20-21-22(10)13-6-3-7-14(9-13)23(26)27/h2-9H,1H3,(H2,18,24)(H,19,25). The highest BCUT2D eigenvalue weighted by Gasteiger charge is 2.19. The van der Waals surface area contributed by atoms with Gasteiger partial charge in [-0.15, -0.1) is 5.10 Å². The first-order valence-electron chi connectivity index (χ1n) is 7.75. The number of carbonyl (C=O) groups excluding carboxylic acids is 2. The van der Waals surface area contributed by atoms with Crippen molar-refractivity contribution in [3.05, 3.63) is 75.6 Å². The molecule has 0 fully saturated rings. The smallest absolute Gasteiger partial charge is 0.278 e. The molecule has 0 aliphatic rings. The van der Waals surface area contributed by atoms with Crippen molar-refractivity contribution in [3.63, 3.8) is 0 Å². The zero-order valence-corrected chi connectivity index (χ0v) is 14.1. The molecule has 2 aromatic carbocycles. The largest absolute Gasteiger partial charge is 0.366 e. The summed E-state index contributed by atoms with van der Waals surface area (Å²) in [6.45, 7) is 1.62. The van der Waals surface area contributed by atoms with Crippen LogP contribution >= 0.6 is 0 Å². The van der Waals surface area contributed by atoms with Gasteiger partial charge in [0.15, 0.2) is 5.69 Å². The van der Waals surface area contributed by atoms with Crippen LogP contribution in [0.4, 0.5) is 11.4 Å². The average molecular weight is 366 g/mol. The predicted octanol–water partition coefficient (Wildman–Crippen LogP) is 1.84. The lowest BCUT2D eigenvalue weighted by Crippen LogP contribution is -2.16. The molecule has 3 N–H and O–H groups in total. The van der Waals surface area contributed by atoms with Gasteiger partial charge < -0.3 is 11.1 Å². The monoisotopic (exact) mass is 366 g/mol. The molecule has 3 rings (SSSR count). The third-order valence-corrected chi connectivity index (χ3v) is 3.80. The van der Waals surface area contributed by atoms with Crippen molar-refractivity contribution < 1.29 is 14.5 Å². The van der Waals surface area contributed by atoms with Crippen LogP contribution in [-0.2, 0) is 0 Å². The molecule has 10 heteroatoms. The molecule has 10 nitrogen and oxygen atoms in total. The first-order chi connectivity index (χ1) is 12.9. The highest BCUT2D eigenvalue weighted by atomic mass is 16.6. The minimum absolute atomic E-state index is 0.0472. The Kier molecular flexibility index (Phi) is 4.62. The van der Waals surface area contributed by atoms with Gasteiger partial charge in [0, 0.05) is 23.4 Å². The molecule has 27 heavy (non-hydrogen) atoms. The lowest BCUT2D eigenvalue weighted by Gasteiger charge is -2.06. The van der Waals surface area contributed by atoms with E-state index in [1.165, 1.54) is 35.0 Å². The molecular weight excluding hydrogens is 352 g/mol. The molecule has 1 aromatic heterocycles. The van der Waals surface area contributed by atoms with Crippen LogP contribution in [0.15, 0.2) is 48.5 Å². The third kappa shape index (κ3) is 3.63. The molecule has 3 aromatic rings. The summed E-state index contributed by atoms with van der Waals surface area (Å²) in [6, 6.07) is 12.0. The zero-order valence-electron chi connectivity index (χ0n) is 14.1. The van der Waals surface area contributed by atoms with E-state index in [0.29, 0.717) is 17.1 Å². The van der Waals surface area contributed by atoms with Gasteiger partial charge in [-0.2, -0.15) is 0 Å². The van der Waals surface area contributed by atoms with Crippen LogP contribution in [0.5, 0.6) is 0 Å². The molecule has 0 aliphatic heterocycles. The van der Waals surface area contributed by atoms with E-state index in [4.69, 9.17) is 5.73 Å². The maximum atomic E-state index is 12.5. The number of nitrogens with two attached hydrogens (primary N) is 1. The van der Waals surface area contributed by atoms with Crippen molar-refractivity contribution in [2.24, 2.45) is 5.73 Å². The minimum Gasteiger partial charge on any atom is -0.366 e. The van der Waals surface area contributed by atoms with Crippen LogP contribution in [0.3, 0.4) is 0 Å². The van der Waals surface area contributed by atoms with Gasteiger partial charge >= 0.3 is 0 Å². The van der Waals surface area contributed by atoms with Crippen molar-refractivity contribution in [2.75, 3.05) is 5.32 Å².